The second kappa shape index (κ2) is 8.96. The van der Waals surface area contributed by atoms with Crippen LogP contribution in [0, 0.1) is 0 Å². The van der Waals surface area contributed by atoms with E-state index in [1.807, 2.05) is 23.1 Å². The molecule has 2 aromatic carbocycles. The molecule has 1 fully saturated rings. The first kappa shape index (κ1) is 19.3. The highest BCUT2D eigenvalue weighted by molar-refractivity contribution is 5.97. The van der Waals surface area contributed by atoms with Gasteiger partial charge in [-0.25, -0.2) is 0 Å². The van der Waals surface area contributed by atoms with Crippen molar-refractivity contribution in [1.82, 2.24) is 15.1 Å². The fourth-order valence-corrected chi connectivity index (χ4v) is 3.63. The monoisotopic (exact) mass is 395 g/mol. The van der Waals surface area contributed by atoms with Crippen LogP contribution in [0.3, 0.4) is 0 Å². The largest absolute Gasteiger partial charge is 0.454 e. The van der Waals surface area contributed by atoms with Crippen LogP contribution in [-0.4, -0.2) is 61.1 Å². The van der Waals surface area contributed by atoms with E-state index in [0.717, 1.165) is 26.1 Å². The quantitative estimate of drug-likeness (QED) is 0.837. The van der Waals surface area contributed by atoms with E-state index in [4.69, 9.17) is 9.47 Å². The van der Waals surface area contributed by atoms with Gasteiger partial charge in [-0.3, -0.25) is 14.5 Å². The maximum atomic E-state index is 12.6. The zero-order valence-corrected chi connectivity index (χ0v) is 16.3. The lowest BCUT2D eigenvalue weighted by atomic mass is 10.2. The molecule has 0 atom stereocenters. The minimum Gasteiger partial charge on any atom is -0.454 e. The van der Waals surface area contributed by atoms with E-state index in [9.17, 15) is 9.59 Å². The molecule has 0 bridgehead atoms. The summed E-state index contributed by atoms with van der Waals surface area (Å²) in [6.45, 7) is 4.22. The van der Waals surface area contributed by atoms with Gasteiger partial charge < -0.3 is 19.7 Å². The van der Waals surface area contributed by atoms with Gasteiger partial charge in [-0.1, -0.05) is 30.3 Å². The summed E-state index contributed by atoms with van der Waals surface area (Å²) in [5, 5.41) is 2.72. The molecule has 0 aliphatic carbocycles. The van der Waals surface area contributed by atoms with Crippen molar-refractivity contribution < 1.29 is 19.1 Å². The van der Waals surface area contributed by atoms with Crippen LogP contribution in [0.5, 0.6) is 11.5 Å². The molecule has 4 rings (SSSR count). The molecule has 0 unspecified atom stereocenters. The summed E-state index contributed by atoms with van der Waals surface area (Å²) in [6, 6.07) is 15.4. The van der Waals surface area contributed by atoms with E-state index in [-0.39, 0.29) is 25.2 Å². The first-order valence-corrected chi connectivity index (χ1v) is 9.91. The fraction of sp³-hybridized carbons (Fsp3) is 0.364. The molecule has 0 radical (unpaired) electrons. The molecule has 2 amide bonds. The number of hydrogen-bond acceptors (Lipinski definition) is 5. The summed E-state index contributed by atoms with van der Waals surface area (Å²) >= 11 is 0. The average molecular weight is 395 g/mol. The molecule has 2 aliphatic rings. The van der Waals surface area contributed by atoms with E-state index < -0.39 is 0 Å². The summed E-state index contributed by atoms with van der Waals surface area (Å²) < 4.78 is 10.5. The maximum absolute atomic E-state index is 12.6. The van der Waals surface area contributed by atoms with Crippen LogP contribution in [0.2, 0.25) is 0 Å². The van der Waals surface area contributed by atoms with Gasteiger partial charge in [-0.15, -0.1) is 0 Å². The van der Waals surface area contributed by atoms with Crippen molar-refractivity contribution in [3.8, 4) is 11.5 Å². The fourth-order valence-electron chi connectivity index (χ4n) is 3.63. The Morgan fingerprint density at radius 3 is 2.62 bits per heavy atom. The predicted molar refractivity (Wildman–Crippen MR) is 108 cm³/mol. The Hall–Kier alpha value is -3.06. The molecule has 7 nitrogen and oxygen atoms in total. The third kappa shape index (κ3) is 4.86. The minimum absolute atomic E-state index is 0.00798. The number of fused-ring (bicyclic) bond motifs is 1. The van der Waals surface area contributed by atoms with E-state index >= 15 is 0 Å². The van der Waals surface area contributed by atoms with Crippen LogP contribution in [0.15, 0.2) is 48.5 Å². The number of nitrogens with one attached hydrogen (secondary N) is 1. The molecule has 0 aromatic heterocycles. The van der Waals surface area contributed by atoms with Crippen molar-refractivity contribution in [1.29, 1.82) is 0 Å². The van der Waals surface area contributed by atoms with Gasteiger partial charge >= 0.3 is 0 Å². The lowest BCUT2D eigenvalue weighted by molar-refractivity contribution is -0.130. The molecule has 2 aliphatic heterocycles. The molecule has 2 aromatic rings. The van der Waals surface area contributed by atoms with Gasteiger partial charge in [0.25, 0.3) is 5.91 Å². The van der Waals surface area contributed by atoms with Crippen molar-refractivity contribution in [3.05, 3.63) is 59.7 Å². The van der Waals surface area contributed by atoms with Crippen molar-refractivity contribution >= 4 is 11.8 Å². The molecule has 29 heavy (non-hydrogen) atoms. The molecular weight excluding hydrogens is 370 g/mol. The van der Waals surface area contributed by atoms with Crippen LogP contribution < -0.4 is 14.8 Å². The first-order valence-electron chi connectivity index (χ1n) is 9.91. The third-order valence-electron chi connectivity index (χ3n) is 5.23. The number of hydrogen-bond donors (Lipinski definition) is 1. The zero-order chi connectivity index (χ0) is 20.1. The second-order valence-electron chi connectivity index (χ2n) is 7.25. The third-order valence-corrected chi connectivity index (χ3v) is 5.23. The maximum Gasteiger partial charge on any atom is 0.251 e. The van der Waals surface area contributed by atoms with Crippen LogP contribution in [0.1, 0.15) is 22.3 Å². The molecule has 1 saturated heterocycles. The van der Waals surface area contributed by atoms with Crippen LogP contribution in [-0.2, 0) is 11.3 Å². The Bertz CT molecular complexity index is 872. The summed E-state index contributed by atoms with van der Waals surface area (Å²) in [6.07, 6.45) is 0.925. The lowest BCUT2D eigenvalue weighted by Gasteiger charge is -2.22. The number of carbonyl (C=O) groups is 2. The molecule has 7 heteroatoms. The van der Waals surface area contributed by atoms with Crippen molar-refractivity contribution in [3.63, 3.8) is 0 Å². The molecule has 152 valence electrons. The minimum atomic E-state index is -0.294. The summed E-state index contributed by atoms with van der Waals surface area (Å²) in [5.74, 6) is 0.829. The highest BCUT2D eigenvalue weighted by Crippen LogP contribution is 2.32. The number of carbonyl (C=O) groups excluding carboxylic acids is 2. The van der Waals surface area contributed by atoms with Crippen LogP contribution in [0.25, 0.3) is 0 Å². The average Bonchev–Trinajstić information content (AvgIpc) is 3.10. The number of benzene rings is 2. The lowest BCUT2D eigenvalue weighted by Crippen LogP contribution is -2.42. The Balaban J connectivity index is 1.26. The Labute approximate surface area is 170 Å². The number of amides is 2. The zero-order valence-electron chi connectivity index (χ0n) is 16.3. The summed E-state index contributed by atoms with van der Waals surface area (Å²) in [7, 11) is 0. The van der Waals surface area contributed by atoms with E-state index in [1.165, 1.54) is 5.56 Å². The van der Waals surface area contributed by atoms with E-state index in [2.05, 4.69) is 22.3 Å². The van der Waals surface area contributed by atoms with Gasteiger partial charge in [0.15, 0.2) is 11.5 Å². The number of nitrogens with zero attached hydrogens (tertiary/aromatic N) is 2. The predicted octanol–water partition coefficient (Wildman–Crippen LogP) is 1.88. The van der Waals surface area contributed by atoms with Crippen molar-refractivity contribution in [2.45, 2.75) is 13.0 Å². The van der Waals surface area contributed by atoms with Gasteiger partial charge in [-0.2, -0.15) is 0 Å². The Morgan fingerprint density at radius 2 is 1.76 bits per heavy atom. The Kier molecular flexibility index (Phi) is 5.95. The molecule has 0 spiro atoms. The molecule has 1 N–H and O–H groups in total. The van der Waals surface area contributed by atoms with Gasteiger partial charge in [0.05, 0.1) is 6.54 Å². The van der Waals surface area contributed by atoms with Gasteiger partial charge in [0.1, 0.15) is 0 Å². The molecule has 0 saturated carbocycles. The number of rotatable bonds is 5. The van der Waals surface area contributed by atoms with E-state index in [0.29, 0.717) is 30.2 Å². The van der Waals surface area contributed by atoms with Crippen LogP contribution >= 0.6 is 0 Å². The SMILES string of the molecule is O=C(NCC(=O)N1CCCN(Cc2ccccc2)CC1)c1ccc2c(c1)OCO2. The van der Waals surface area contributed by atoms with E-state index in [1.54, 1.807) is 18.2 Å². The van der Waals surface area contributed by atoms with Gasteiger partial charge in [-0.05, 0) is 30.2 Å². The standard InChI is InChI=1S/C22H25N3O4/c26-21(14-23-22(27)18-7-8-19-20(13-18)29-16-28-19)25-10-4-9-24(11-12-25)15-17-5-2-1-3-6-17/h1-3,5-8,13H,4,9-12,14-16H2,(H,23,27). The smallest absolute Gasteiger partial charge is 0.251 e. The molecule has 2 heterocycles. The van der Waals surface area contributed by atoms with Crippen molar-refractivity contribution in [2.75, 3.05) is 39.5 Å². The van der Waals surface area contributed by atoms with Gasteiger partial charge in [0, 0.05) is 38.3 Å². The highest BCUT2D eigenvalue weighted by atomic mass is 16.7. The first-order chi connectivity index (χ1) is 14.2. The normalized spacial score (nSPS) is 16.3. The van der Waals surface area contributed by atoms with Crippen LogP contribution in [0.4, 0.5) is 0 Å². The Morgan fingerprint density at radius 1 is 0.931 bits per heavy atom. The van der Waals surface area contributed by atoms with Crippen molar-refractivity contribution in [2.24, 2.45) is 0 Å². The number of ether oxygens (including phenoxy) is 2. The molecular formula is C22H25N3O4. The second-order valence-corrected chi connectivity index (χ2v) is 7.25. The summed E-state index contributed by atoms with van der Waals surface area (Å²) in [4.78, 5) is 29.2. The van der Waals surface area contributed by atoms with Gasteiger partial charge in [0.2, 0.25) is 12.7 Å². The topological polar surface area (TPSA) is 71.1 Å². The highest BCUT2D eigenvalue weighted by Gasteiger charge is 2.21. The summed E-state index contributed by atoms with van der Waals surface area (Å²) in [5.41, 5.74) is 1.73.